The third-order valence-electron chi connectivity index (χ3n) is 3.31. The van der Waals surface area contributed by atoms with Crippen molar-refractivity contribution in [1.82, 2.24) is 4.90 Å². The lowest BCUT2D eigenvalue weighted by Gasteiger charge is -2.26. The first-order valence-electron chi connectivity index (χ1n) is 7.18. The SMILES string of the molecule is Cc1cccc(NC(N)=NCCCN2CCOCC2)c1.I. The van der Waals surface area contributed by atoms with Crippen molar-refractivity contribution in [2.24, 2.45) is 10.7 Å². The summed E-state index contributed by atoms with van der Waals surface area (Å²) in [6, 6.07) is 8.10. The Balaban J connectivity index is 0.00000220. The minimum absolute atomic E-state index is 0. The van der Waals surface area contributed by atoms with Crippen molar-refractivity contribution in [3.05, 3.63) is 29.8 Å². The lowest BCUT2D eigenvalue weighted by atomic mass is 10.2. The van der Waals surface area contributed by atoms with Gasteiger partial charge in [-0.25, -0.2) is 0 Å². The van der Waals surface area contributed by atoms with Crippen LogP contribution in [0.2, 0.25) is 0 Å². The van der Waals surface area contributed by atoms with E-state index in [1.807, 2.05) is 12.1 Å². The number of ether oxygens (including phenoxy) is 1. The van der Waals surface area contributed by atoms with Gasteiger partial charge in [-0.3, -0.25) is 9.89 Å². The number of halogens is 1. The Morgan fingerprint density at radius 2 is 2.14 bits per heavy atom. The van der Waals surface area contributed by atoms with Gasteiger partial charge in [0.15, 0.2) is 5.96 Å². The van der Waals surface area contributed by atoms with Crippen molar-refractivity contribution in [2.75, 3.05) is 44.7 Å². The number of rotatable bonds is 5. The molecule has 0 amide bonds. The molecule has 3 N–H and O–H groups in total. The minimum Gasteiger partial charge on any atom is -0.379 e. The fraction of sp³-hybridized carbons (Fsp3) is 0.533. The average Bonchev–Trinajstić information content (AvgIpc) is 2.45. The van der Waals surface area contributed by atoms with E-state index >= 15 is 0 Å². The Bertz CT molecular complexity index is 447. The number of morpholine rings is 1. The van der Waals surface area contributed by atoms with Gasteiger partial charge in [-0.15, -0.1) is 24.0 Å². The molecule has 1 aromatic carbocycles. The number of guanidine groups is 1. The number of aryl methyl sites for hydroxylation is 1. The van der Waals surface area contributed by atoms with Crippen LogP contribution in [-0.4, -0.2) is 50.3 Å². The van der Waals surface area contributed by atoms with Gasteiger partial charge in [0, 0.05) is 31.9 Å². The van der Waals surface area contributed by atoms with E-state index in [1.54, 1.807) is 0 Å². The molecule has 5 nitrogen and oxygen atoms in total. The van der Waals surface area contributed by atoms with Gasteiger partial charge in [0.1, 0.15) is 0 Å². The summed E-state index contributed by atoms with van der Waals surface area (Å²) in [5.74, 6) is 0.484. The quantitative estimate of drug-likeness (QED) is 0.341. The fourth-order valence-electron chi connectivity index (χ4n) is 2.23. The maximum Gasteiger partial charge on any atom is 0.193 e. The lowest BCUT2D eigenvalue weighted by molar-refractivity contribution is 0.0377. The maximum atomic E-state index is 5.88. The van der Waals surface area contributed by atoms with Crippen LogP contribution in [0.3, 0.4) is 0 Å². The molecular weight excluding hydrogens is 379 g/mol. The van der Waals surface area contributed by atoms with Crippen LogP contribution in [-0.2, 0) is 4.74 Å². The van der Waals surface area contributed by atoms with E-state index in [0.29, 0.717) is 5.96 Å². The molecule has 21 heavy (non-hydrogen) atoms. The number of anilines is 1. The second-order valence-electron chi connectivity index (χ2n) is 5.07. The van der Waals surface area contributed by atoms with E-state index in [1.165, 1.54) is 5.56 Å². The second kappa shape index (κ2) is 9.97. The van der Waals surface area contributed by atoms with E-state index < -0.39 is 0 Å². The molecule has 0 atom stereocenters. The first kappa shape index (κ1) is 18.2. The van der Waals surface area contributed by atoms with E-state index in [0.717, 1.165) is 51.5 Å². The highest BCUT2D eigenvalue weighted by atomic mass is 127. The number of nitrogens with two attached hydrogens (primary N) is 1. The lowest BCUT2D eigenvalue weighted by Crippen LogP contribution is -2.37. The smallest absolute Gasteiger partial charge is 0.193 e. The van der Waals surface area contributed by atoms with Gasteiger partial charge in [-0.1, -0.05) is 12.1 Å². The molecule has 1 heterocycles. The Morgan fingerprint density at radius 1 is 1.38 bits per heavy atom. The molecule has 0 spiro atoms. The van der Waals surface area contributed by atoms with Crippen LogP contribution >= 0.6 is 24.0 Å². The van der Waals surface area contributed by atoms with Crippen LogP contribution in [0.15, 0.2) is 29.3 Å². The van der Waals surface area contributed by atoms with Crippen molar-refractivity contribution < 1.29 is 4.74 Å². The number of hydrogen-bond donors (Lipinski definition) is 2. The van der Waals surface area contributed by atoms with Crippen LogP contribution in [0, 0.1) is 6.92 Å². The monoisotopic (exact) mass is 404 g/mol. The number of hydrogen-bond acceptors (Lipinski definition) is 3. The molecule has 118 valence electrons. The summed E-state index contributed by atoms with van der Waals surface area (Å²) in [6.07, 6.45) is 1.02. The largest absolute Gasteiger partial charge is 0.379 e. The summed E-state index contributed by atoms with van der Waals surface area (Å²) >= 11 is 0. The van der Waals surface area contributed by atoms with E-state index in [9.17, 15) is 0 Å². The number of aliphatic imine (C=N–C) groups is 1. The Labute approximate surface area is 144 Å². The molecule has 1 fully saturated rings. The normalized spacial score (nSPS) is 16.3. The van der Waals surface area contributed by atoms with Crippen molar-refractivity contribution >= 4 is 35.6 Å². The molecule has 1 aromatic rings. The molecule has 0 aromatic heterocycles. The molecule has 0 unspecified atom stereocenters. The summed E-state index contributed by atoms with van der Waals surface area (Å²) in [7, 11) is 0. The third-order valence-corrected chi connectivity index (χ3v) is 3.31. The molecule has 0 radical (unpaired) electrons. The zero-order valence-electron chi connectivity index (χ0n) is 12.5. The number of nitrogens with zero attached hydrogens (tertiary/aromatic N) is 2. The molecule has 0 saturated carbocycles. The molecule has 6 heteroatoms. The van der Waals surface area contributed by atoms with Crippen LogP contribution in [0.25, 0.3) is 0 Å². The molecule has 1 aliphatic rings. The van der Waals surface area contributed by atoms with Crippen molar-refractivity contribution in [3.63, 3.8) is 0 Å². The van der Waals surface area contributed by atoms with Crippen LogP contribution < -0.4 is 11.1 Å². The van der Waals surface area contributed by atoms with Crippen LogP contribution in [0.5, 0.6) is 0 Å². The highest BCUT2D eigenvalue weighted by Crippen LogP contribution is 2.08. The summed E-state index contributed by atoms with van der Waals surface area (Å²) < 4.78 is 5.32. The molecular formula is C15H25IN4O. The molecule has 1 aliphatic heterocycles. The highest BCUT2D eigenvalue weighted by Gasteiger charge is 2.08. The predicted molar refractivity (Wildman–Crippen MR) is 98.6 cm³/mol. The molecule has 0 bridgehead atoms. The Kier molecular flexibility index (Phi) is 8.63. The van der Waals surface area contributed by atoms with E-state index in [2.05, 4.69) is 34.3 Å². The topological polar surface area (TPSA) is 62.9 Å². The fourth-order valence-corrected chi connectivity index (χ4v) is 2.23. The van der Waals surface area contributed by atoms with Gasteiger partial charge in [0.25, 0.3) is 0 Å². The van der Waals surface area contributed by atoms with Gasteiger partial charge < -0.3 is 15.8 Å². The Hall–Kier alpha value is -0.860. The second-order valence-corrected chi connectivity index (χ2v) is 5.07. The van der Waals surface area contributed by atoms with Gasteiger partial charge in [0.05, 0.1) is 13.2 Å². The summed E-state index contributed by atoms with van der Waals surface area (Å²) in [4.78, 5) is 6.76. The zero-order chi connectivity index (χ0) is 14.2. The number of nitrogens with one attached hydrogen (secondary N) is 1. The predicted octanol–water partition coefficient (Wildman–Crippen LogP) is 2.06. The Morgan fingerprint density at radius 3 is 2.86 bits per heavy atom. The highest BCUT2D eigenvalue weighted by molar-refractivity contribution is 14.0. The first-order valence-corrected chi connectivity index (χ1v) is 7.18. The van der Waals surface area contributed by atoms with E-state index in [4.69, 9.17) is 10.5 Å². The maximum absolute atomic E-state index is 5.88. The standard InChI is InChI=1S/C15H24N4O.HI/c1-13-4-2-5-14(12-13)18-15(16)17-6-3-7-19-8-10-20-11-9-19;/h2,4-5,12H,3,6-11H2,1H3,(H3,16,17,18);1H. The van der Waals surface area contributed by atoms with Gasteiger partial charge in [0.2, 0.25) is 0 Å². The van der Waals surface area contributed by atoms with Crippen molar-refractivity contribution in [2.45, 2.75) is 13.3 Å². The summed E-state index contributed by atoms with van der Waals surface area (Å²) in [5.41, 5.74) is 8.07. The van der Waals surface area contributed by atoms with Crippen molar-refractivity contribution in [3.8, 4) is 0 Å². The first-order chi connectivity index (χ1) is 9.74. The minimum atomic E-state index is 0. The van der Waals surface area contributed by atoms with Crippen LogP contribution in [0.1, 0.15) is 12.0 Å². The third kappa shape index (κ3) is 7.10. The summed E-state index contributed by atoms with van der Waals surface area (Å²) in [6.45, 7) is 7.62. The van der Waals surface area contributed by atoms with Crippen molar-refractivity contribution in [1.29, 1.82) is 0 Å². The molecule has 1 saturated heterocycles. The zero-order valence-corrected chi connectivity index (χ0v) is 14.9. The summed E-state index contributed by atoms with van der Waals surface area (Å²) in [5, 5.41) is 3.12. The van der Waals surface area contributed by atoms with Gasteiger partial charge in [-0.05, 0) is 31.0 Å². The van der Waals surface area contributed by atoms with E-state index in [-0.39, 0.29) is 24.0 Å². The molecule has 2 rings (SSSR count). The van der Waals surface area contributed by atoms with Crippen LogP contribution in [0.4, 0.5) is 5.69 Å². The van der Waals surface area contributed by atoms with Gasteiger partial charge >= 0.3 is 0 Å². The average molecular weight is 404 g/mol. The molecule has 0 aliphatic carbocycles. The van der Waals surface area contributed by atoms with Gasteiger partial charge in [-0.2, -0.15) is 0 Å². The number of benzene rings is 1.